The molecule has 4 heteroatoms. The van der Waals surface area contributed by atoms with Crippen molar-refractivity contribution < 1.29 is 9.21 Å². The zero-order valence-corrected chi connectivity index (χ0v) is 12.4. The molecule has 0 spiro atoms. The minimum absolute atomic E-state index is 0.101. The summed E-state index contributed by atoms with van der Waals surface area (Å²) in [4.78, 5) is 13.0. The lowest BCUT2D eigenvalue weighted by Crippen LogP contribution is -2.34. The summed E-state index contributed by atoms with van der Waals surface area (Å²) in [6.07, 6.45) is 4.71. The van der Waals surface area contributed by atoms with E-state index in [0.717, 1.165) is 17.7 Å². The third-order valence-electron chi connectivity index (χ3n) is 2.87. The van der Waals surface area contributed by atoms with Gasteiger partial charge in [0, 0.05) is 23.1 Å². The molecule has 0 unspecified atom stereocenters. The van der Waals surface area contributed by atoms with Crippen molar-refractivity contribution in [2.75, 3.05) is 5.75 Å². The van der Waals surface area contributed by atoms with Crippen LogP contribution in [0.4, 0.5) is 0 Å². The zero-order valence-electron chi connectivity index (χ0n) is 11.5. The first-order valence-corrected chi connectivity index (χ1v) is 7.71. The molecule has 0 bridgehead atoms. The number of thioether (sulfide) groups is 1. The van der Waals surface area contributed by atoms with Crippen LogP contribution in [0, 0.1) is 0 Å². The maximum atomic E-state index is 11.8. The Kier molecular flexibility index (Phi) is 5.74. The van der Waals surface area contributed by atoms with E-state index in [1.54, 1.807) is 24.3 Å². The summed E-state index contributed by atoms with van der Waals surface area (Å²) in [5, 5.41) is 3.01. The Balaban J connectivity index is 1.65. The molecule has 0 fully saturated rings. The predicted molar refractivity (Wildman–Crippen MR) is 81.8 cm³/mol. The summed E-state index contributed by atoms with van der Waals surface area (Å²) in [5.74, 6) is 0.901. The highest BCUT2D eigenvalue weighted by Crippen LogP contribution is 2.17. The Hall–Kier alpha value is -1.68. The van der Waals surface area contributed by atoms with Crippen LogP contribution in [0.25, 0.3) is 0 Å². The zero-order chi connectivity index (χ0) is 14.2. The largest absolute Gasteiger partial charge is 0.472 e. The molecule has 0 aliphatic rings. The maximum Gasteiger partial charge on any atom is 0.221 e. The molecule has 1 amide bonds. The lowest BCUT2D eigenvalue weighted by Gasteiger charge is -2.12. The van der Waals surface area contributed by atoms with Crippen LogP contribution in [0.15, 0.2) is 58.2 Å². The molecule has 1 atom stereocenters. The van der Waals surface area contributed by atoms with Gasteiger partial charge in [-0.1, -0.05) is 18.2 Å². The van der Waals surface area contributed by atoms with Crippen molar-refractivity contribution in [3.8, 4) is 0 Å². The SMILES string of the molecule is C[C@H](Cc1ccoc1)NC(=O)CCSc1ccccc1. The molecule has 0 saturated heterocycles. The van der Waals surface area contributed by atoms with Crippen LogP contribution >= 0.6 is 11.8 Å². The van der Waals surface area contributed by atoms with Gasteiger partial charge in [0.25, 0.3) is 0 Å². The average Bonchev–Trinajstić information content (AvgIpc) is 2.92. The molecule has 0 radical (unpaired) electrons. The number of hydrogen-bond acceptors (Lipinski definition) is 3. The Labute approximate surface area is 123 Å². The summed E-state index contributed by atoms with van der Waals surface area (Å²) in [6.45, 7) is 2.01. The van der Waals surface area contributed by atoms with Gasteiger partial charge in [-0.05, 0) is 37.1 Å². The van der Waals surface area contributed by atoms with E-state index >= 15 is 0 Å². The van der Waals surface area contributed by atoms with Crippen molar-refractivity contribution in [2.45, 2.75) is 30.7 Å². The molecule has 2 aromatic rings. The van der Waals surface area contributed by atoms with Crippen LogP contribution in [-0.4, -0.2) is 17.7 Å². The van der Waals surface area contributed by atoms with Crippen molar-refractivity contribution in [1.29, 1.82) is 0 Å². The molecule has 1 aromatic heterocycles. The summed E-state index contributed by atoms with van der Waals surface area (Å²) >= 11 is 1.71. The van der Waals surface area contributed by atoms with E-state index in [1.807, 2.05) is 31.2 Å². The molecule has 1 aromatic carbocycles. The van der Waals surface area contributed by atoms with Gasteiger partial charge in [-0.25, -0.2) is 0 Å². The van der Waals surface area contributed by atoms with E-state index in [9.17, 15) is 4.79 Å². The van der Waals surface area contributed by atoms with Crippen LogP contribution in [-0.2, 0) is 11.2 Å². The highest BCUT2D eigenvalue weighted by atomic mass is 32.2. The number of carbonyl (C=O) groups is 1. The molecule has 106 valence electrons. The van der Waals surface area contributed by atoms with Crippen LogP contribution in [0.2, 0.25) is 0 Å². The molecule has 3 nitrogen and oxygen atoms in total. The molecular formula is C16H19NO2S. The highest BCUT2D eigenvalue weighted by molar-refractivity contribution is 7.99. The minimum Gasteiger partial charge on any atom is -0.472 e. The van der Waals surface area contributed by atoms with Crippen molar-refractivity contribution in [3.63, 3.8) is 0 Å². The maximum absolute atomic E-state index is 11.8. The first kappa shape index (κ1) is 14.7. The summed E-state index contributed by atoms with van der Waals surface area (Å²) in [6, 6.07) is 12.2. The first-order valence-electron chi connectivity index (χ1n) is 6.72. The van der Waals surface area contributed by atoms with Crippen molar-refractivity contribution in [3.05, 3.63) is 54.5 Å². The predicted octanol–water partition coefficient (Wildman–Crippen LogP) is 3.51. The van der Waals surface area contributed by atoms with E-state index in [4.69, 9.17) is 4.42 Å². The van der Waals surface area contributed by atoms with Crippen molar-refractivity contribution >= 4 is 17.7 Å². The first-order chi connectivity index (χ1) is 9.74. The number of nitrogens with one attached hydrogen (secondary N) is 1. The fourth-order valence-corrected chi connectivity index (χ4v) is 2.81. The summed E-state index contributed by atoms with van der Waals surface area (Å²) < 4.78 is 5.02. The van der Waals surface area contributed by atoms with Gasteiger partial charge in [0.1, 0.15) is 0 Å². The topological polar surface area (TPSA) is 42.2 Å². The Morgan fingerprint density at radius 3 is 2.80 bits per heavy atom. The Morgan fingerprint density at radius 2 is 2.10 bits per heavy atom. The van der Waals surface area contributed by atoms with Gasteiger partial charge in [0.05, 0.1) is 12.5 Å². The van der Waals surface area contributed by atoms with Gasteiger partial charge >= 0.3 is 0 Å². The van der Waals surface area contributed by atoms with Gasteiger partial charge < -0.3 is 9.73 Å². The monoisotopic (exact) mass is 289 g/mol. The molecule has 20 heavy (non-hydrogen) atoms. The fourth-order valence-electron chi connectivity index (χ4n) is 1.94. The lowest BCUT2D eigenvalue weighted by atomic mass is 10.1. The number of carbonyl (C=O) groups excluding carboxylic acids is 1. The molecule has 0 aliphatic carbocycles. The molecule has 1 N–H and O–H groups in total. The van der Waals surface area contributed by atoms with Crippen LogP contribution in [0.5, 0.6) is 0 Å². The number of hydrogen-bond donors (Lipinski definition) is 1. The van der Waals surface area contributed by atoms with Gasteiger partial charge in [0.15, 0.2) is 0 Å². The number of amides is 1. The Bertz CT molecular complexity index is 511. The Morgan fingerprint density at radius 1 is 1.30 bits per heavy atom. The van der Waals surface area contributed by atoms with Crippen LogP contribution < -0.4 is 5.32 Å². The standard InChI is InChI=1S/C16H19NO2S/c1-13(11-14-7-9-19-12-14)17-16(18)8-10-20-15-5-3-2-4-6-15/h2-7,9,12-13H,8,10-11H2,1H3,(H,17,18)/t13-/m1/s1. The average molecular weight is 289 g/mol. The lowest BCUT2D eigenvalue weighted by molar-refractivity contribution is -0.121. The second kappa shape index (κ2) is 7.80. The van der Waals surface area contributed by atoms with E-state index in [0.29, 0.717) is 6.42 Å². The van der Waals surface area contributed by atoms with Gasteiger partial charge in [-0.15, -0.1) is 11.8 Å². The van der Waals surface area contributed by atoms with E-state index < -0.39 is 0 Å². The molecule has 0 saturated carbocycles. The summed E-state index contributed by atoms with van der Waals surface area (Å²) in [7, 11) is 0. The van der Waals surface area contributed by atoms with Crippen LogP contribution in [0.3, 0.4) is 0 Å². The number of benzene rings is 1. The van der Waals surface area contributed by atoms with Gasteiger partial charge in [-0.2, -0.15) is 0 Å². The highest BCUT2D eigenvalue weighted by Gasteiger charge is 2.08. The van der Waals surface area contributed by atoms with Gasteiger partial charge in [-0.3, -0.25) is 4.79 Å². The number of furan rings is 1. The van der Waals surface area contributed by atoms with Crippen molar-refractivity contribution in [1.82, 2.24) is 5.32 Å². The van der Waals surface area contributed by atoms with Gasteiger partial charge in [0.2, 0.25) is 5.91 Å². The smallest absolute Gasteiger partial charge is 0.221 e. The second-order valence-corrected chi connectivity index (χ2v) is 5.88. The molecule has 2 rings (SSSR count). The normalized spacial score (nSPS) is 12.1. The van der Waals surface area contributed by atoms with Crippen molar-refractivity contribution in [2.24, 2.45) is 0 Å². The fraction of sp³-hybridized carbons (Fsp3) is 0.312. The van der Waals surface area contributed by atoms with E-state index in [-0.39, 0.29) is 11.9 Å². The minimum atomic E-state index is 0.101. The molecule has 0 aliphatic heterocycles. The second-order valence-electron chi connectivity index (χ2n) is 4.72. The van der Waals surface area contributed by atoms with Crippen LogP contribution in [0.1, 0.15) is 18.9 Å². The third kappa shape index (κ3) is 5.13. The molecule has 1 heterocycles. The van der Waals surface area contributed by atoms with E-state index in [2.05, 4.69) is 17.4 Å². The van der Waals surface area contributed by atoms with E-state index in [1.165, 1.54) is 4.90 Å². The number of rotatable bonds is 7. The quantitative estimate of drug-likeness (QED) is 0.793. The third-order valence-corrected chi connectivity index (χ3v) is 3.88. The summed E-state index contributed by atoms with van der Waals surface area (Å²) in [5.41, 5.74) is 1.11. The molecular weight excluding hydrogens is 270 g/mol.